The van der Waals surface area contributed by atoms with Crippen LogP contribution < -0.4 is 5.32 Å². The van der Waals surface area contributed by atoms with E-state index in [2.05, 4.69) is 35.8 Å². The van der Waals surface area contributed by atoms with Gasteiger partial charge >= 0.3 is 0 Å². The molecule has 3 heteroatoms. The summed E-state index contributed by atoms with van der Waals surface area (Å²) < 4.78 is 1.35. The Labute approximate surface area is 124 Å². The third-order valence-corrected chi connectivity index (χ3v) is 4.91. The first-order valence-electron chi connectivity index (χ1n) is 7.54. The molecule has 1 aliphatic carbocycles. The Balaban J connectivity index is 1.67. The van der Waals surface area contributed by atoms with Gasteiger partial charge in [0.1, 0.15) is 0 Å². The van der Waals surface area contributed by atoms with Gasteiger partial charge in [-0.2, -0.15) is 0 Å². The second-order valence-corrected chi connectivity index (χ2v) is 6.57. The van der Waals surface area contributed by atoms with Crippen LogP contribution in [0.2, 0.25) is 0 Å². The van der Waals surface area contributed by atoms with Gasteiger partial charge in [-0.15, -0.1) is 11.3 Å². The lowest BCUT2D eigenvalue weighted by Gasteiger charge is -2.04. The summed E-state index contributed by atoms with van der Waals surface area (Å²) >= 11 is 1.81. The Morgan fingerprint density at radius 3 is 2.95 bits per heavy atom. The molecule has 2 aromatic rings. The van der Waals surface area contributed by atoms with E-state index < -0.39 is 0 Å². The highest BCUT2D eigenvalue weighted by atomic mass is 32.1. The number of hydrogen-bond donors (Lipinski definition) is 1. The van der Waals surface area contributed by atoms with Crippen LogP contribution in [0.4, 0.5) is 0 Å². The number of aryl methyl sites for hydroxylation is 1. The van der Waals surface area contributed by atoms with Crippen LogP contribution in [-0.2, 0) is 17.6 Å². The predicted molar refractivity (Wildman–Crippen MR) is 85.3 cm³/mol. The third-order valence-electron chi connectivity index (χ3n) is 3.90. The molecule has 3 rings (SSSR count). The van der Waals surface area contributed by atoms with Crippen molar-refractivity contribution in [2.45, 2.75) is 39.0 Å². The molecule has 1 aromatic carbocycles. The largest absolute Gasteiger partial charge is 0.356 e. The average Bonchev–Trinajstić information content (AvgIpc) is 3.22. The highest BCUT2D eigenvalue weighted by Crippen LogP contribution is 2.29. The molecular formula is C17H21NOS. The zero-order valence-electron chi connectivity index (χ0n) is 11.9. The zero-order chi connectivity index (χ0) is 13.9. The van der Waals surface area contributed by atoms with Crippen LogP contribution in [0.1, 0.15) is 37.3 Å². The highest BCUT2D eigenvalue weighted by molar-refractivity contribution is 7.17. The molecule has 1 N–H and O–H groups in total. The number of nitrogens with one attached hydrogen (secondary N) is 1. The van der Waals surface area contributed by atoms with E-state index in [-0.39, 0.29) is 5.91 Å². The molecule has 0 atom stereocenters. The van der Waals surface area contributed by atoms with Gasteiger partial charge in [0.05, 0.1) is 0 Å². The van der Waals surface area contributed by atoms with Gasteiger partial charge in [-0.3, -0.25) is 4.79 Å². The van der Waals surface area contributed by atoms with Crippen molar-refractivity contribution < 1.29 is 4.79 Å². The third kappa shape index (κ3) is 3.04. The quantitative estimate of drug-likeness (QED) is 0.857. The van der Waals surface area contributed by atoms with Gasteiger partial charge in [-0.1, -0.05) is 25.5 Å². The summed E-state index contributed by atoms with van der Waals surface area (Å²) in [5, 5.41) is 6.67. The first-order valence-corrected chi connectivity index (χ1v) is 8.42. The first-order chi connectivity index (χ1) is 9.78. The maximum atomic E-state index is 11.6. The second-order valence-electron chi connectivity index (χ2n) is 5.66. The monoisotopic (exact) mass is 287 g/mol. The van der Waals surface area contributed by atoms with Crippen molar-refractivity contribution in [3.8, 4) is 0 Å². The van der Waals surface area contributed by atoms with E-state index in [1.165, 1.54) is 27.6 Å². The van der Waals surface area contributed by atoms with E-state index in [1.807, 2.05) is 0 Å². The molecule has 0 spiro atoms. The van der Waals surface area contributed by atoms with Gasteiger partial charge in [-0.25, -0.2) is 0 Å². The van der Waals surface area contributed by atoms with Gasteiger partial charge < -0.3 is 5.32 Å². The molecule has 0 radical (unpaired) electrons. The van der Waals surface area contributed by atoms with Crippen LogP contribution in [0.5, 0.6) is 0 Å². The summed E-state index contributed by atoms with van der Waals surface area (Å²) in [6.45, 7) is 2.98. The van der Waals surface area contributed by atoms with Gasteiger partial charge in [-0.05, 0) is 53.6 Å². The lowest BCUT2D eigenvalue weighted by molar-refractivity contribution is -0.122. The maximum absolute atomic E-state index is 11.6. The Hall–Kier alpha value is -1.35. The molecule has 1 amide bonds. The molecular weight excluding hydrogens is 266 g/mol. The molecule has 0 aliphatic heterocycles. The van der Waals surface area contributed by atoms with E-state index in [4.69, 9.17) is 0 Å². The fourth-order valence-corrected chi connectivity index (χ4v) is 3.55. The van der Waals surface area contributed by atoms with E-state index >= 15 is 0 Å². The number of thiophene rings is 1. The molecule has 1 saturated carbocycles. The molecule has 1 aromatic heterocycles. The molecule has 20 heavy (non-hydrogen) atoms. The Morgan fingerprint density at radius 2 is 2.20 bits per heavy atom. The van der Waals surface area contributed by atoms with Crippen LogP contribution >= 0.6 is 11.3 Å². The number of rotatable bonds is 6. The van der Waals surface area contributed by atoms with Gasteiger partial charge in [0.15, 0.2) is 0 Å². The van der Waals surface area contributed by atoms with E-state index in [9.17, 15) is 4.79 Å². The maximum Gasteiger partial charge on any atom is 0.223 e. The molecule has 0 unspecified atom stereocenters. The van der Waals surface area contributed by atoms with Crippen LogP contribution in [0.25, 0.3) is 10.1 Å². The Bertz CT molecular complexity index is 612. The van der Waals surface area contributed by atoms with Gasteiger partial charge in [0.2, 0.25) is 5.91 Å². The molecule has 1 heterocycles. The summed E-state index contributed by atoms with van der Waals surface area (Å²) in [5.41, 5.74) is 2.79. The second kappa shape index (κ2) is 5.96. The summed E-state index contributed by atoms with van der Waals surface area (Å²) in [6, 6.07) is 6.80. The smallest absolute Gasteiger partial charge is 0.223 e. The standard InChI is InChI=1S/C17H21NOS/c1-2-3-12-4-7-16-15(10-12)14(11-20-16)8-9-18-17(19)13-5-6-13/h4,7,10-11,13H,2-3,5-6,8-9H2,1H3,(H,18,19). The minimum atomic E-state index is 0.246. The number of benzene rings is 1. The number of carbonyl (C=O) groups excluding carboxylic acids is 1. The average molecular weight is 287 g/mol. The van der Waals surface area contributed by atoms with Crippen molar-refractivity contribution >= 4 is 27.3 Å². The van der Waals surface area contributed by atoms with Crippen molar-refractivity contribution in [3.63, 3.8) is 0 Å². The minimum absolute atomic E-state index is 0.246. The van der Waals surface area contributed by atoms with E-state index in [1.54, 1.807) is 11.3 Å². The normalized spacial score (nSPS) is 14.7. The van der Waals surface area contributed by atoms with Crippen LogP contribution in [0, 0.1) is 5.92 Å². The molecule has 0 saturated heterocycles. The zero-order valence-corrected chi connectivity index (χ0v) is 12.8. The minimum Gasteiger partial charge on any atom is -0.356 e. The number of carbonyl (C=O) groups is 1. The number of hydrogen-bond acceptors (Lipinski definition) is 2. The van der Waals surface area contributed by atoms with Crippen molar-refractivity contribution in [3.05, 3.63) is 34.7 Å². The molecule has 2 nitrogen and oxygen atoms in total. The summed E-state index contributed by atoms with van der Waals surface area (Å²) in [4.78, 5) is 11.6. The van der Waals surface area contributed by atoms with Crippen molar-refractivity contribution in [1.82, 2.24) is 5.32 Å². The van der Waals surface area contributed by atoms with Crippen molar-refractivity contribution in [2.75, 3.05) is 6.54 Å². The SMILES string of the molecule is CCCc1ccc2scc(CCNC(=O)C3CC3)c2c1. The molecule has 0 bridgehead atoms. The van der Waals surface area contributed by atoms with Crippen LogP contribution in [0.3, 0.4) is 0 Å². The lowest BCUT2D eigenvalue weighted by Crippen LogP contribution is -2.26. The van der Waals surface area contributed by atoms with Crippen LogP contribution in [-0.4, -0.2) is 12.5 Å². The van der Waals surface area contributed by atoms with Gasteiger partial charge in [0.25, 0.3) is 0 Å². The summed E-state index contributed by atoms with van der Waals surface area (Å²) in [5.74, 6) is 0.557. The van der Waals surface area contributed by atoms with Crippen molar-refractivity contribution in [2.24, 2.45) is 5.92 Å². The topological polar surface area (TPSA) is 29.1 Å². The highest BCUT2D eigenvalue weighted by Gasteiger charge is 2.29. The Kier molecular flexibility index (Phi) is 4.06. The fourth-order valence-electron chi connectivity index (χ4n) is 2.58. The summed E-state index contributed by atoms with van der Waals surface area (Å²) in [7, 11) is 0. The first kappa shape index (κ1) is 13.6. The molecule has 106 valence electrons. The predicted octanol–water partition coefficient (Wildman–Crippen LogP) is 3.92. The van der Waals surface area contributed by atoms with Crippen molar-refractivity contribution in [1.29, 1.82) is 0 Å². The number of amides is 1. The fraction of sp³-hybridized carbons (Fsp3) is 0.471. The summed E-state index contributed by atoms with van der Waals surface area (Å²) in [6.07, 6.45) is 5.42. The lowest BCUT2D eigenvalue weighted by atomic mass is 10.0. The van der Waals surface area contributed by atoms with E-state index in [0.717, 1.165) is 32.2 Å². The van der Waals surface area contributed by atoms with E-state index in [0.29, 0.717) is 5.92 Å². The van der Waals surface area contributed by atoms with Crippen LogP contribution in [0.15, 0.2) is 23.6 Å². The number of fused-ring (bicyclic) bond motifs is 1. The molecule has 1 aliphatic rings. The Morgan fingerprint density at radius 1 is 1.35 bits per heavy atom. The van der Waals surface area contributed by atoms with Gasteiger partial charge in [0, 0.05) is 17.2 Å². The molecule has 1 fully saturated rings.